The van der Waals surface area contributed by atoms with Gasteiger partial charge >= 0.3 is 0 Å². The van der Waals surface area contributed by atoms with Crippen LogP contribution in [-0.2, 0) is 11.2 Å². The molecule has 0 saturated carbocycles. The molecule has 5 nitrogen and oxygen atoms in total. The summed E-state index contributed by atoms with van der Waals surface area (Å²) in [6.07, 6.45) is 2.97. The lowest BCUT2D eigenvalue weighted by molar-refractivity contribution is -0.116. The molecular weight excluding hydrogens is 314 g/mol. The van der Waals surface area contributed by atoms with Crippen LogP contribution in [0, 0.1) is 0 Å². The van der Waals surface area contributed by atoms with Crippen LogP contribution < -0.4 is 5.32 Å². The predicted octanol–water partition coefficient (Wildman–Crippen LogP) is 4.46. The van der Waals surface area contributed by atoms with E-state index in [2.05, 4.69) is 22.4 Å². The molecule has 3 rings (SSSR count). The van der Waals surface area contributed by atoms with Crippen molar-refractivity contribution in [1.82, 2.24) is 10.1 Å². The van der Waals surface area contributed by atoms with Gasteiger partial charge in [0.2, 0.25) is 5.91 Å². The Morgan fingerprint density at radius 1 is 1.08 bits per heavy atom. The topological polar surface area (TPSA) is 68.0 Å². The van der Waals surface area contributed by atoms with E-state index >= 15 is 0 Å². The average molecular weight is 335 g/mol. The number of rotatable bonds is 7. The van der Waals surface area contributed by atoms with Crippen molar-refractivity contribution < 1.29 is 9.32 Å². The standard InChI is InChI=1S/C20H21N3O2/c1-2-3-13-19(24)21-17-12-8-7-11-16(17)20-22-18(23-25-20)14-15-9-5-4-6-10-15/h4-12H,2-3,13-14H2,1H3,(H,21,24). The number of unbranched alkanes of at least 4 members (excludes halogenated alkanes) is 1. The maximum absolute atomic E-state index is 12.0. The highest BCUT2D eigenvalue weighted by atomic mass is 16.5. The third-order valence-electron chi connectivity index (χ3n) is 3.86. The first-order chi connectivity index (χ1) is 12.3. The van der Waals surface area contributed by atoms with Gasteiger partial charge in [-0.1, -0.05) is 61.0 Å². The SMILES string of the molecule is CCCCC(=O)Nc1ccccc1-c1nc(Cc2ccccc2)no1. The molecule has 1 N–H and O–H groups in total. The van der Waals surface area contributed by atoms with E-state index in [-0.39, 0.29) is 5.91 Å². The summed E-state index contributed by atoms with van der Waals surface area (Å²) in [7, 11) is 0. The van der Waals surface area contributed by atoms with Gasteiger partial charge in [0.1, 0.15) is 0 Å². The summed E-state index contributed by atoms with van der Waals surface area (Å²) < 4.78 is 5.41. The summed E-state index contributed by atoms with van der Waals surface area (Å²) in [5, 5.41) is 6.99. The van der Waals surface area contributed by atoms with Crippen LogP contribution in [0.1, 0.15) is 37.6 Å². The maximum Gasteiger partial charge on any atom is 0.260 e. The van der Waals surface area contributed by atoms with E-state index in [0.29, 0.717) is 30.2 Å². The monoisotopic (exact) mass is 335 g/mol. The van der Waals surface area contributed by atoms with Gasteiger partial charge in [-0.3, -0.25) is 4.79 Å². The van der Waals surface area contributed by atoms with Gasteiger partial charge < -0.3 is 9.84 Å². The van der Waals surface area contributed by atoms with Crippen molar-refractivity contribution in [3.05, 3.63) is 66.0 Å². The molecule has 3 aromatic rings. The Morgan fingerprint density at radius 3 is 2.64 bits per heavy atom. The minimum absolute atomic E-state index is 0.00155. The first-order valence-corrected chi connectivity index (χ1v) is 8.52. The van der Waals surface area contributed by atoms with Crippen molar-refractivity contribution in [1.29, 1.82) is 0 Å². The Bertz CT molecular complexity index is 828. The van der Waals surface area contributed by atoms with Gasteiger partial charge in [-0.2, -0.15) is 4.98 Å². The zero-order chi connectivity index (χ0) is 17.5. The number of amides is 1. The number of nitrogens with one attached hydrogen (secondary N) is 1. The molecule has 0 aliphatic heterocycles. The molecule has 0 aliphatic carbocycles. The van der Waals surface area contributed by atoms with E-state index in [1.165, 1.54) is 0 Å². The normalized spacial score (nSPS) is 10.6. The molecule has 0 atom stereocenters. The Morgan fingerprint density at radius 2 is 1.84 bits per heavy atom. The second-order valence-corrected chi connectivity index (χ2v) is 5.88. The molecule has 1 aromatic heterocycles. The first kappa shape index (κ1) is 16.9. The molecule has 1 amide bonds. The molecule has 1 heterocycles. The molecule has 5 heteroatoms. The number of nitrogens with zero attached hydrogens (tertiary/aromatic N) is 2. The Labute approximate surface area is 147 Å². The zero-order valence-electron chi connectivity index (χ0n) is 14.2. The summed E-state index contributed by atoms with van der Waals surface area (Å²) in [5.41, 5.74) is 2.55. The highest BCUT2D eigenvalue weighted by Gasteiger charge is 2.14. The van der Waals surface area contributed by atoms with E-state index < -0.39 is 0 Å². The zero-order valence-corrected chi connectivity index (χ0v) is 14.2. The Kier molecular flexibility index (Phi) is 5.57. The lowest BCUT2D eigenvalue weighted by Crippen LogP contribution is -2.11. The number of hydrogen-bond donors (Lipinski definition) is 1. The summed E-state index contributed by atoms with van der Waals surface area (Å²) in [6, 6.07) is 17.5. The molecule has 0 aliphatic rings. The van der Waals surface area contributed by atoms with Crippen molar-refractivity contribution in [2.75, 3.05) is 5.32 Å². The number of anilines is 1. The maximum atomic E-state index is 12.0. The largest absolute Gasteiger partial charge is 0.334 e. The van der Waals surface area contributed by atoms with Crippen molar-refractivity contribution in [2.24, 2.45) is 0 Å². The van der Waals surface area contributed by atoms with Crippen LogP contribution in [0.4, 0.5) is 5.69 Å². The van der Waals surface area contributed by atoms with E-state index in [1.807, 2.05) is 54.6 Å². The molecule has 25 heavy (non-hydrogen) atoms. The summed E-state index contributed by atoms with van der Waals surface area (Å²) in [4.78, 5) is 16.5. The molecule has 2 aromatic carbocycles. The fraction of sp³-hybridized carbons (Fsp3) is 0.250. The van der Waals surface area contributed by atoms with Gasteiger partial charge in [-0.15, -0.1) is 0 Å². The van der Waals surface area contributed by atoms with Crippen LogP contribution in [0.5, 0.6) is 0 Å². The van der Waals surface area contributed by atoms with Gasteiger partial charge in [0.25, 0.3) is 5.89 Å². The molecule has 0 saturated heterocycles. The van der Waals surface area contributed by atoms with Crippen molar-refractivity contribution in [3.63, 3.8) is 0 Å². The third-order valence-corrected chi connectivity index (χ3v) is 3.86. The third kappa shape index (κ3) is 4.53. The van der Waals surface area contributed by atoms with Crippen molar-refractivity contribution >= 4 is 11.6 Å². The van der Waals surface area contributed by atoms with E-state index in [1.54, 1.807) is 0 Å². The van der Waals surface area contributed by atoms with Gasteiger partial charge in [-0.25, -0.2) is 0 Å². The minimum Gasteiger partial charge on any atom is -0.334 e. The average Bonchev–Trinajstić information content (AvgIpc) is 3.09. The molecular formula is C20H21N3O2. The quantitative estimate of drug-likeness (QED) is 0.692. The van der Waals surface area contributed by atoms with Crippen LogP contribution in [0.15, 0.2) is 59.1 Å². The first-order valence-electron chi connectivity index (χ1n) is 8.52. The van der Waals surface area contributed by atoms with Crippen LogP contribution in [-0.4, -0.2) is 16.0 Å². The molecule has 0 bridgehead atoms. The number of para-hydroxylation sites is 1. The van der Waals surface area contributed by atoms with Gasteiger partial charge in [0, 0.05) is 12.8 Å². The van der Waals surface area contributed by atoms with Gasteiger partial charge in [-0.05, 0) is 24.1 Å². The molecule has 0 fully saturated rings. The summed E-state index contributed by atoms with van der Waals surface area (Å²) >= 11 is 0. The van der Waals surface area contributed by atoms with Gasteiger partial charge in [0.05, 0.1) is 11.3 Å². The highest BCUT2D eigenvalue weighted by molar-refractivity contribution is 5.94. The summed E-state index contributed by atoms with van der Waals surface area (Å²) in [5.74, 6) is 1.03. The van der Waals surface area contributed by atoms with Gasteiger partial charge in [0.15, 0.2) is 5.82 Å². The molecule has 0 radical (unpaired) electrons. The smallest absolute Gasteiger partial charge is 0.260 e. The predicted molar refractivity (Wildman–Crippen MR) is 97.1 cm³/mol. The fourth-order valence-electron chi connectivity index (χ4n) is 2.54. The number of carbonyl (C=O) groups excluding carboxylic acids is 1. The van der Waals surface area contributed by atoms with E-state index in [4.69, 9.17) is 4.52 Å². The second-order valence-electron chi connectivity index (χ2n) is 5.88. The summed E-state index contributed by atoms with van der Waals surface area (Å²) in [6.45, 7) is 2.06. The molecule has 128 valence electrons. The lowest BCUT2D eigenvalue weighted by Gasteiger charge is -2.08. The van der Waals surface area contributed by atoms with Crippen LogP contribution in [0.25, 0.3) is 11.5 Å². The van der Waals surface area contributed by atoms with Crippen LogP contribution in [0.3, 0.4) is 0 Å². The Hall–Kier alpha value is -2.95. The van der Waals surface area contributed by atoms with E-state index in [9.17, 15) is 4.79 Å². The van der Waals surface area contributed by atoms with Crippen LogP contribution >= 0.6 is 0 Å². The molecule has 0 unspecified atom stereocenters. The fourth-order valence-corrected chi connectivity index (χ4v) is 2.54. The van der Waals surface area contributed by atoms with Crippen LogP contribution in [0.2, 0.25) is 0 Å². The number of benzene rings is 2. The van der Waals surface area contributed by atoms with Crippen molar-refractivity contribution in [3.8, 4) is 11.5 Å². The number of hydrogen-bond acceptors (Lipinski definition) is 4. The number of aromatic nitrogens is 2. The molecule has 0 spiro atoms. The Balaban J connectivity index is 1.77. The lowest BCUT2D eigenvalue weighted by atomic mass is 10.1. The second kappa shape index (κ2) is 8.24. The number of carbonyl (C=O) groups is 1. The minimum atomic E-state index is -0.00155. The highest BCUT2D eigenvalue weighted by Crippen LogP contribution is 2.27. The van der Waals surface area contributed by atoms with Crippen molar-refractivity contribution in [2.45, 2.75) is 32.6 Å². The van der Waals surface area contributed by atoms with E-state index in [0.717, 1.165) is 24.0 Å².